The highest BCUT2D eigenvalue weighted by molar-refractivity contribution is 6.42. The Bertz CT molecular complexity index is 996. The molecular weight excluding hydrogens is 383 g/mol. The molecule has 4 nitrogen and oxygen atoms in total. The number of aromatic nitrogens is 2. The van der Waals surface area contributed by atoms with Crippen molar-refractivity contribution in [3.05, 3.63) is 68.4 Å². The average Bonchev–Trinajstić information content (AvgIpc) is 2.85. The second-order valence-corrected chi connectivity index (χ2v) is 6.78. The van der Waals surface area contributed by atoms with E-state index in [2.05, 4.69) is 5.10 Å². The van der Waals surface area contributed by atoms with Crippen LogP contribution in [0.4, 0.5) is 0 Å². The van der Waals surface area contributed by atoms with E-state index in [0.717, 1.165) is 28.2 Å². The van der Waals surface area contributed by atoms with E-state index in [1.54, 1.807) is 35.0 Å². The van der Waals surface area contributed by atoms with Gasteiger partial charge in [-0.1, -0.05) is 40.9 Å². The minimum absolute atomic E-state index is 0.0558. The van der Waals surface area contributed by atoms with Crippen LogP contribution in [0.15, 0.2) is 36.4 Å². The molecule has 1 N–H and O–H groups in total. The molecule has 0 unspecified atom stereocenters. The summed E-state index contributed by atoms with van der Waals surface area (Å²) in [5.41, 5.74) is 4.04. The van der Waals surface area contributed by atoms with E-state index in [4.69, 9.17) is 34.8 Å². The minimum atomic E-state index is -1.07. The number of carboxylic acid groups (broad SMARTS) is 1. The zero-order valence-electron chi connectivity index (χ0n) is 13.3. The summed E-state index contributed by atoms with van der Waals surface area (Å²) in [4.78, 5) is 11.3. The molecule has 0 aliphatic rings. The first-order valence-electron chi connectivity index (χ1n) is 7.34. The van der Waals surface area contributed by atoms with Crippen LogP contribution in [0.5, 0.6) is 0 Å². The van der Waals surface area contributed by atoms with Crippen LogP contribution in [0.3, 0.4) is 0 Å². The highest BCUT2D eigenvalue weighted by Crippen LogP contribution is 2.32. The maximum Gasteiger partial charge on any atom is 0.337 e. The molecule has 2 aromatic carbocycles. The lowest BCUT2D eigenvalue weighted by Crippen LogP contribution is -2.00. The lowest BCUT2D eigenvalue weighted by molar-refractivity contribution is 0.0697. The number of aromatic carboxylic acids is 1. The van der Waals surface area contributed by atoms with E-state index in [1.165, 1.54) is 0 Å². The van der Waals surface area contributed by atoms with Crippen molar-refractivity contribution in [1.29, 1.82) is 0 Å². The highest BCUT2D eigenvalue weighted by atomic mass is 35.5. The van der Waals surface area contributed by atoms with E-state index in [0.29, 0.717) is 10.0 Å². The summed E-state index contributed by atoms with van der Waals surface area (Å²) in [6.45, 7) is 3.78. The maximum atomic E-state index is 11.3. The summed E-state index contributed by atoms with van der Waals surface area (Å²) in [6.07, 6.45) is 0. The van der Waals surface area contributed by atoms with Crippen molar-refractivity contribution in [1.82, 2.24) is 9.78 Å². The van der Waals surface area contributed by atoms with Gasteiger partial charge in [0.2, 0.25) is 0 Å². The Balaban J connectivity index is 2.16. The van der Waals surface area contributed by atoms with Crippen LogP contribution in [0.1, 0.15) is 21.7 Å². The fourth-order valence-corrected chi connectivity index (χ4v) is 3.26. The molecule has 0 bridgehead atoms. The van der Waals surface area contributed by atoms with Gasteiger partial charge in [-0.2, -0.15) is 5.10 Å². The van der Waals surface area contributed by atoms with Crippen molar-refractivity contribution in [3.8, 4) is 16.8 Å². The van der Waals surface area contributed by atoms with Crippen LogP contribution in [0.25, 0.3) is 16.8 Å². The SMILES string of the molecule is Cc1nn(-c2ccc(Cl)c(Cl)c2)c(C)c1-c1ccc(Cl)c(C(=O)O)c1. The highest BCUT2D eigenvalue weighted by Gasteiger charge is 2.18. The van der Waals surface area contributed by atoms with Crippen molar-refractivity contribution in [2.75, 3.05) is 0 Å². The Morgan fingerprint density at radius 3 is 2.32 bits per heavy atom. The number of aryl methyl sites for hydroxylation is 1. The predicted octanol–water partition coefficient (Wildman–Crippen LogP) is 5.81. The standard InChI is InChI=1S/C18H13Cl3N2O2/c1-9-17(11-3-5-14(19)13(7-11)18(24)25)10(2)23(22-9)12-4-6-15(20)16(21)8-12/h3-8H,1-2H3,(H,24,25). The summed E-state index contributed by atoms with van der Waals surface area (Å²) >= 11 is 18.0. The second kappa shape index (κ2) is 6.71. The first-order chi connectivity index (χ1) is 11.8. The number of halogens is 3. The number of benzene rings is 2. The van der Waals surface area contributed by atoms with Crippen LogP contribution in [0, 0.1) is 13.8 Å². The van der Waals surface area contributed by atoms with Crippen molar-refractivity contribution >= 4 is 40.8 Å². The summed E-state index contributed by atoms with van der Waals surface area (Å²) in [7, 11) is 0. The van der Waals surface area contributed by atoms with E-state index >= 15 is 0 Å². The topological polar surface area (TPSA) is 55.1 Å². The largest absolute Gasteiger partial charge is 0.478 e. The molecule has 0 spiro atoms. The van der Waals surface area contributed by atoms with Crippen LogP contribution in [-0.4, -0.2) is 20.9 Å². The van der Waals surface area contributed by atoms with Gasteiger partial charge in [0, 0.05) is 11.3 Å². The third kappa shape index (κ3) is 3.25. The fraction of sp³-hybridized carbons (Fsp3) is 0.111. The molecule has 0 aliphatic heterocycles. The predicted molar refractivity (Wildman–Crippen MR) is 100 cm³/mol. The van der Waals surface area contributed by atoms with E-state index in [9.17, 15) is 9.90 Å². The normalized spacial score (nSPS) is 10.9. The van der Waals surface area contributed by atoms with Crippen LogP contribution < -0.4 is 0 Å². The molecule has 0 saturated heterocycles. The van der Waals surface area contributed by atoms with Gasteiger partial charge in [0.15, 0.2) is 0 Å². The molecule has 0 radical (unpaired) electrons. The Hall–Kier alpha value is -2.01. The Labute approximate surface area is 159 Å². The zero-order chi connectivity index (χ0) is 18.3. The molecule has 3 rings (SSSR count). The van der Waals surface area contributed by atoms with Crippen LogP contribution >= 0.6 is 34.8 Å². The molecule has 128 valence electrons. The molecule has 0 saturated carbocycles. The first kappa shape index (κ1) is 17.8. The van der Waals surface area contributed by atoms with Crippen molar-refractivity contribution < 1.29 is 9.90 Å². The Morgan fingerprint density at radius 1 is 1.00 bits per heavy atom. The Kier molecular flexibility index (Phi) is 4.78. The van der Waals surface area contributed by atoms with E-state index in [-0.39, 0.29) is 10.6 Å². The number of carboxylic acids is 1. The average molecular weight is 396 g/mol. The molecule has 0 amide bonds. The lowest BCUT2D eigenvalue weighted by atomic mass is 10.0. The van der Waals surface area contributed by atoms with Gasteiger partial charge in [0.05, 0.1) is 32.0 Å². The van der Waals surface area contributed by atoms with Gasteiger partial charge in [-0.3, -0.25) is 0 Å². The summed E-state index contributed by atoms with van der Waals surface area (Å²) in [5.74, 6) is -1.07. The number of hydrogen-bond donors (Lipinski definition) is 1. The van der Waals surface area contributed by atoms with Gasteiger partial charge in [0.1, 0.15) is 0 Å². The van der Waals surface area contributed by atoms with E-state index < -0.39 is 5.97 Å². The van der Waals surface area contributed by atoms with Crippen LogP contribution in [-0.2, 0) is 0 Å². The number of nitrogens with zero attached hydrogens (tertiary/aromatic N) is 2. The van der Waals surface area contributed by atoms with Gasteiger partial charge in [0.25, 0.3) is 0 Å². The summed E-state index contributed by atoms with van der Waals surface area (Å²) in [5, 5.41) is 14.9. The van der Waals surface area contributed by atoms with Crippen molar-refractivity contribution in [3.63, 3.8) is 0 Å². The van der Waals surface area contributed by atoms with E-state index in [1.807, 2.05) is 19.9 Å². The van der Waals surface area contributed by atoms with Crippen molar-refractivity contribution in [2.24, 2.45) is 0 Å². The number of rotatable bonds is 3. The zero-order valence-corrected chi connectivity index (χ0v) is 15.6. The number of carbonyl (C=O) groups is 1. The van der Waals surface area contributed by atoms with Gasteiger partial charge in [-0.15, -0.1) is 0 Å². The molecular formula is C18H13Cl3N2O2. The minimum Gasteiger partial charge on any atom is -0.478 e. The molecule has 3 aromatic rings. The second-order valence-electron chi connectivity index (χ2n) is 5.56. The van der Waals surface area contributed by atoms with Gasteiger partial charge >= 0.3 is 5.97 Å². The summed E-state index contributed by atoms with van der Waals surface area (Å²) in [6, 6.07) is 10.2. The lowest BCUT2D eigenvalue weighted by Gasteiger charge is -2.08. The molecule has 25 heavy (non-hydrogen) atoms. The molecule has 1 aromatic heterocycles. The molecule has 7 heteroatoms. The number of hydrogen-bond acceptors (Lipinski definition) is 2. The monoisotopic (exact) mass is 394 g/mol. The summed E-state index contributed by atoms with van der Waals surface area (Å²) < 4.78 is 1.75. The van der Waals surface area contributed by atoms with Gasteiger partial charge in [-0.05, 0) is 49.7 Å². The van der Waals surface area contributed by atoms with Gasteiger partial charge < -0.3 is 5.11 Å². The smallest absolute Gasteiger partial charge is 0.337 e. The fourth-order valence-electron chi connectivity index (χ4n) is 2.77. The Morgan fingerprint density at radius 2 is 1.68 bits per heavy atom. The van der Waals surface area contributed by atoms with Crippen molar-refractivity contribution in [2.45, 2.75) is 13.8 Å². The third-order valence-electron chi connectivity index (χ3n) is 3.92. The maximum absolute atomic E-state index is 11.3. The first-order valence-corrected chi connectivity index (χ1v) is 8.48. The molecule has 0 aliphatic carbocycles. The quantitative estimate of drug-likeness (QED) is 0.608. The van der Waals surface area contributed by atoms with Crippen LogP contribution in [0.2, 0.25) is 15.1 Å². The third-order valence-corrected chi connectivity index (χ3v) is 4.99. The molecule has 0 atom stereocenters. The molecule has 0 fully saturated rings. The molecule has 1 heterocycles. The van der Waals surface area contributed by atoms with Gasteiger partial charge in [-0.25, -0.2) is 9.48 Å².